The van der Waals surface area contributed by atoms with Crippen molar-refractivity contribution < 1.29 is 13.5 Å². The average molecular weight is 357 g/mol. The molecule has 1 aliphatic carbocycles. The number of sulfonamides is 1. The van der Waals surface area contributed by atoms with Crippen LogP contribution in [0.25, 0.3) is 11.0 Å². The highest BCUT2D eigenvalue weighted by molar-refractivity contribution is 7.89. The third-order valence-corrected chi connectivity index (χ3v) is 5.53. The van der Waals surface area contributed by atoms with E-state index < -0.39 is 10.0 Å². The third-order valence-electron chi connectivity index (χ3n) is 4.61. The standard InChI is InChI=1S/C18H19N3O3S/c19-25(23,24)14-8-4-12(5-9-14)10-11-21-15-2-1-3-16(22)17(15)20-18(21)13-6-7-13/h1-5,8-9,13,22H,6-7,10-11H2,(H2,19,23,24). The molecule has 4 rings (SSSR count). The molecular weight excluding hydrogens is 338 g/mol. The Morgan fingerprint density at radius 2 is 1.88 bits per heavy atom. The maximum atomic E-state index is 11.3. The molecule has 1 saturated carbocycles. The molecule has 7 heteroatoms. The first-order valence-corrected chi connectivity index (χ1v) is 9.78. The maximum absolute atomic E-state index is 11.3. The number of aryl methyl sites for hydroxylation is 2. The van der Waals surface area contributed by atoms with Crippen LogP contribution in [-0.2, 0) is 23.0 Å². The van der Waals surface area contributed by atoms with Gasteiger partial charge in [-0.25, -0.2) is 18.5 Å². The van der Waals surface area contributed by atoms with Gasteiger partial charge in [-0.05, 0) is 49.1 Å². The number of rotatable bonds is 5. The summed E-state index contributed by atoms with van der Waals surface area (Å²) in [5, 5.41) is 15.2. The van der Waals surface area contributed by atoms with Crippen molar-refractivity contribution in [3.63, 3.8) is 0 Å². The topological polar surface area (TPSA) is 98.2 Å². The lowest BCUT2D eigenvalue weighted by Crippen LogP contribution is -2.12. The van der Waals surface area contributed by atoms with Gasteiger partial charge in [0.05, 0.1) is 10.4 Å². The van der Waals surface area contributed by atoms with Gasteiger partial charge in [0.15, 0.2) is 0 Å². The number of nitrogens with zero attached hydrogens (tertiary/aromatic N) is 2. The van der Waals surface area contributed by atoms with Crippen LogP contribution in [0.4, 0.5) is 0 Å². The van der Waals surface area contributed by atoms with Crippen LogP contribution in [0.2, 0.25) is 0 Å². The summed E-state index contributed by atoms with van der Waals surface area (Å²) in [6.07, 6.45) is 3.01. The molecule has 6 nitrogen and oxygen atoms in total. The molecule has 0 unspecified atom stereocenters. The summed E-state index contributed by atoms with van der Waals surface area (Å²) in [4.78, 5) is 4.77. The molecule has 25 heavy (non-hydrogen) atoms. The minimum absolute atomic E-state index is 0.118. The fourth-order valence-corrected chi connectivity index (χ4v) is 3.64. The van der Waals surface area contributed by atoms with Gasteiger partial charge < -0.3 is 9.67 Å². The second kappa shape index (κ2) is 5.86. The molecule has 3 aromatic rings. The van der Waals surface area contributed by atoms with Crippen LogP contribution in [0.5, 0.6) is 5.75 Å². The zero-order valence-corrected chi connectivity index (χ0v) is 14.4. The number of primary sulfonamides is 1. The number of para-hydroxylation sites is 1. The molecule has 0 radical (unpaired) electrons. The molecular formula is C18H19N3O3S. The van der Waals surface area contributed by atoms with Crippen molar-refractivity contribution in [1.29, 1.82) is 0 Å². The van der Waals surface area contributed by atoms with Crippen molar-refractivity contribution in [3.8, 4) is 5.75 Å². The number of phenolic OH excluding ortho intramolecular Hbond substituents is 1. The Bertz CT molecular complexity index is 1040. The number of aromatic nitrogens is 2. The molecule has 3 N–H and O–H groups in total. The van der Waals surface area contributed by atoms with Crippen LogP contribution in [0.15, 0.2) is 47.4 Å². The second-order valence-corrected chi connectivity index (χ2v) is 8.04. The Morgan fingerprint density at radius 1 is 1.16 bits per heavy atom. The monoisotopic (exact) mass is 357 g/mol. The first-order chi connectivity index (χ1) is 11.9. The van der Waals surface area contributed by atoms with Crippen LogP contribution in [0.1, 0.15) is 30.1 Å². The van der Waals surface area contributed by atoms with Gasteiger partial charge in [-0.3, -0.25) is 0 Å². The van der Waals surface area contributed by atoms with E-state index in [2.05, 4.69) is 9.55 Å². The first kappa shape index (κ1) is 16.1. The highest BCUT2D eigenvalue weighted by atomic mass is 32.2. The molecule has 1 fully saturated rings. The van der Waals surface area contributed by atoms with Crippen LogP contribution >= 0.6 is 0 Å². The fraction of sp³-hybridized carbons (Fsp3) is 0.278. The SMILES string of the molecule is NS(=O)(=O)c1ccc(CCn2c(C3CC3)nc3c(O)cccc32)cc1. The smallest absolute Gasteiger partial charge is 0.238 e. The van der Waals surface area contributed by atoms with E-state index in [4.69, 9.17) is 5.14 Å². The zero-order chi connectivity index (χ0) is 17.6. The Hall–Kier alpha value is -2.38. The van der Waals surface area contributed by atoms with Gasteiger partial charge in [-0.1, -0.05) is 18.2 Å². The minimum atomic E-state index is -3.66. The predicted octanol–water partition coefficient (Wildman–Crippen LogP) is 2.51. The Kier molecular flexibility index (Phi) is 3.77. The molecule has 0 bridgehead atoms. The second-order valence-electron chi connectivity index (χ2n) is 6.48. The summed E-state index contributed by atoms with van der Waals surface area (Å²) in [5.74, 6) is 1.70. The predicted molar refractivity (Wildman–Crippen MR) is 94.9 cm³/mol. The van der Waals surface area contributed by atoms with Gasteiger partial charge in [0, 0.05) is 12.5 Å². The van der Waals surface area contributed by atoms with E-state index in [0.29, 0.717) is 11.4 Å². The van der Waals surface area contributed by atoms with Crippen LogP contribution < -0.4 is 5.14 Å². The largest absolute Gasteiger partial charge is 0.506 e. The van der Waals surface area contributed by atoms with Crippen LogP contribution in [0, 0.1) is 0 Å². The highest BCUT2D eigenvalue weighted by Crippen LogP contribution is 2.41. The van der Waals surface area contributed by atoms with Crippen molar-refractivity contribution in [1.82, 2.24) is 9.55 Å². The van der Waals surface area contributed by atoms with Gasteiger partial charge >= 0.3 is 0 Å². The van der Waals surface area contributed by atoms with Crippen molar-refractivity contribution in [2.75, 3.05) is 0 Å². The molecule has 1 aromatic heterocycles. The molecule has 1 heterocycles. The van der Waals surface area contributed by atoms with Crippen molar-refractivity contribution >= 4 is 21.1 Å². The summed E-state index contributed by atoms with van der Waals surface area (Å²) in [5.41, 5.74) is 2.60. The lowest BCUT2D eigenvalue weighted by molar-refractivity contribution is 0.480. The number of hydrogen-bond donors (Lipinski definition) is 2. The zero-order valence-electron chi connectivity index (χ0n) is 13.6. The normalized spacial score (nSPS) is 14.9. The maximum Gasteiger partial charge on any atom is 0.238 e. The van der Waals surface area contributed by atoms with Gasteiger partial charge in [0.2, 0.25) is 10.0 Å². The van der Waals surface area contributed by atoms with Gasteiger partial charge in [-0.15, -0.1) is 0 Å². The van der Waals surface area contributed by atoms with E-state index in [1.165, 1.54) is 12.1 Å². The van der Waals surface area contributed by atoms with Crippen LogP contribution in [-0.4, -0.2) is 23.1 Å². The third kappa shape index (κ3) is 3.12. The number of imidazole rings is 1. The Balaban J connectivity index is 1.62. The molecule has 130 valence electrons. The van der Waals surface area contributed by atoms with E-state index in [0.717, 1.165) is 42.7 Å². The number of aromatic hydroxyl groups is 1. The number of phenols is 1. The van der Waals surface area contributed by atoms with E-state index >= 15 is 0 Å². The number of hydrogen-bond acceptors (Lipinski definition) is 4. The summed E-state index contributed by atoms with van der Waals surface area (Å²) in [6.45, 7) is 0.723. The summed E-state index contributed by atoms with van der Waals surface area (Å²) >= 11 is 0. The van der Waals surface area contributed by atoms with Crippen molar-refractivity contribution in [3.05, 3.63) is 53.9 Å². The molecule has 1 aliphatic rings. The van der Waals surface area contributed by atoms with E-state index in [-0.39, 0.29) is 10.6 Å². The molecule has 0 amide bonds. The van der Waals surface area contributed by atoms with Gasteiger partial charge in [0.25, 0.3) is 0 Å². The summed E-state index contributed by atoms with van der Waals surface area (Å²) in [7, 11) is -3.66. The minimum Gasteiger partial charge on any atom is -0.506 e. The molecule has 0 aliphatic heterocycles. The molecule has 2 aromatic carbocycles. The van der Waals surface area contributed by atoms with Crippen molar-refractivity contribution in [2.45, 2.75) is 36.6 Å². The van der Waals surface area contributed by atoms with E-state index in [1.807, 2.05) is 12.1 Å². The lowest BCUT2D eigenvalue weighted by Gasteiger charge is -2.09. The fourth-order valence-electron chi connectivity index (χ4n) is 3.13. The molecule has 0 spiro atoms. The average Bonchev–Trinajstić information content (AvgIpc) is 3.34. The molecule has 0 atom stereocenters. The Labute approximate surface area is 146 Å². The number of benzene rings is 2. The first-order valence-electron chi connectivity index (χ1n) is 8.23. The van der Waals surface area contributed by atoms with Gasteiger partial charge in [-0.2, -0.15) is 0 Å². The number of fused-ring (bicyclic) bond motifs is 1. The van der Waals surface area contributed by atoms with Gasteiger partial charge in [0.1, 0.15) is 17.1 Å². The van der Waals surface area contributed by atoms with E-state index in [1.54, 1.807) is 18.2 Å². The lowest BCUT2D eigenvalue weighted by atomic mass is 10.1. The van der Waals surface area contributed by atoms with Crippen molar-refractivity contribution in [2.24, 2.45) is 5.14 Å². The van der Waals surface area contributed by atoms with Crippen LogP contribution in [0.3, 0.4) is 0 Å². The summed E-state index contributed by atoms with van der Waals surface area (Å²) in [6, 6.07) is 12.1. The van der Waals surface area contributed by atoms with E-state index in [9.17, 15) is 13.5 Å². The molecule has 0 saturated heterocycles. The number of nitrogens with two attached hydrogens (primary N) is 1. The Morgan fingerprint density at radius 3 is 2.52 bits per heavy atom. The quantitative estimate of drug-likeness (QED) is 0.733. The summed E-state index contributed by atoms with van der Waals surface area (Å²) < 4.78 is 24.8. The highest BCUT2D eigenvalue weighted by Gasteiger charge is 2.30.